The summed E-state index contributed by atoms with van der Waals surface area (Å²) in [6.07, 6.45) is 2.58. The summed E-state index contributed by atoms with van der Waals surface area (Å²) in [4.78, 5) is 28.9. The lowest BCUT2D eigenvalue weighted by Crippen LogP contribution is -2.53. The average Bonchev–Trinajstić information content (AvgIpc) is 2.93. The van der Waals surface area contributed by atoms with Crippen molar-refractivity contribution in [2.75, 3.05) is 23.7 Å². The fourth-order valence-corrected chi connectivity index (χ4v) is 5.23. The highest BCUT2D eigenvalue weighted by molar-refractivity contribution is 7.92. The molecule has 39 heavy (non-hydrogen) atoms. The van der Waals surface area contributed by atoms with Crippen LogP contribution in [-0.4, -0.2) is 50.5 Å². The Morgan fingerprint density at radius 2 is 1.54 bits per heavy atom. The van der Waals surface area contributed by atoms with Crippen LogP contribution in [0.15, 0.2) is 78.9 Å². The topological polar surface area (TPSA) is 86.8 Å². The third kappa shape index (κ3) is 8.38. The van der Waals surface area contributed by atoms with Gasteiger partial charge < -0.3 is 10.2 Å². The quantitative estimate of drug-likeness (QED) is 0.342. The molecule has 2 amide bonds. The zero-order valence-electron chi connectivity index (χ0n) is 22.6. The number of nitrogens with zero attached hydrogens (tertiary/aromatic N) is 2. The molecule has 0 aliphatic carbocycles. The number of carbonyl (C=O) groups is 2. The first-order valence-electron chi connectivity index (χ1n) is 13.0. The van der Waals surface area contributed by atoms with Gasteiger partial charge in [0.25, 0.3) is 0 Å². The van der Waals surface area contributed by atoms with Crippen LogP contribution in [-0.2, 0) is 39.0 Å². The van der Waals surface area contributed by atoms with Gasteiger partial charge in [-0.3, -0.25) is 13.9 Å². The van der Waals surface area contributed by atoms with Crippen LogP contribution in [0.4, 0.5) is 10.1 Å². The van der Waals surface area contributed by atoms with Crippen LogP contribution < -0.4 is 9.62 Å². The minimum absolute atomic E-state index is 0.00316. The summed E-state index contributed by atoms with van der Waals surface area (Å²) >= 11 is 0. The Morgan fingerprint density at radius 3 is 2.15 bits per heavy atom. The average molecular weight is 554 g/mol. The van der Waals surface area contributed by atoms with Crippen molar-refractivity contribution in [2.24, 2.45) is 0 Å². The molecule has 0 bridgehead atoms. The zero-order valence-corrected chi connectivity index (χ0v) is 23.5. The molecule has 3 aromatic rings. The van der Waals surface area contributed by atoms with Crippen molar-refractivity contribution in [3.63, 3.8) is 0 Å². The molecular weight excluding hydrogens is 517 g/mol. The first-order valence-corrected chi connectivity index (χ1v) is 14.9. The molecule has 0 radical (unpaired) electrons. The normalized spacial score (nSPS) is 12.0. The highest BCUT2D eigenvalue weighted by Crippen LogP contribution is 2.24. The highest BCUT2D eigenvalue weighted by atomic mass is 32.2. The summed E-state index contributed by atoms with van der Waals surface area (Å²) in [5, 5.41) is 2.89. The lowest BCUT2D eigenvalue weighted by molar-refractivity contribution is -0.140. The van der Waals surface area contributed by atoms with Crippen LogP contribution >= 0.6 is 0 Å². The lowest BCUT2D eigenvalue weighted by atomic mass is 10.0. The second-order valence-electron chi connectivity index (χ2n) is 9.40. The molecule has 0 fully saturated rings. The SMILES string of the molecule is CCCNC(=O)[C@@H](Cc1ccccc1)N(Cc1ccc(F)cc1)C(=O)CN(c1ccccc1CC)S(C)(=O)=O. The van der Waals surface area contributed by atoms with Crippen molar-refractivity contribution in [1.82, 2.24) is 10.2 Å². The van der Waals surface area contributed by atoms with E-state index >= 15 is 0 Å². The Kier molecular flexibility index (Phi) is 10.6. The van der Waals surface area contributed by atoms with Crippen molar-refractivity contribution < 1.29 is 22.4 Å². The number of para-hydroxylation sites is 1. The molecule has 1 N–H and O–H groups in total. The van der Waals surface area contributed by atoms with Gasteiger partial charge in [-0.05, 0) is 47.7 Å². The van der Waals surface area contributed by atoms with Crippen molar-refractivity contribution in [1.29, 1.82) is 0 Å². The molecule has 208 valence electrons. The number of aryl methyl sites for hydroxylation is 1. The van der Waals surface area contributed by atoms with E-state index in [2.05, 4.69) is 5.32 Å². The first-order chi connectivity index (χ1) is 18.6. The number of hydrogen-bond donors (Lipinski definition) is 1. The highest BCUT2D eigenvalue weighted by Gasteiger charge is 2.33. The van der Waals surface area contributed by atoms with Crippen LogP contribution in [0.3, 0.4) is 0 Å². The number of halogens is 1. The van der Waals surface area contributed by atoms with Gasteiger partial charge in [-0.15, -0.1) is 0 Å². The molecule has 7 nitrogen and oxygen atoms in total. The van der Waals surface area contributed by atoms with Gasteiger partial charge in [-0.1, -0.05) is 74.5 Å². The molecule has 0 heterocycles. The maximum atomic E-state index is 14.0. The second kappa shape index (κ2) is 13.9. The van der Waals surface area contributed by atoms with Gasteiger partial charge in [0.05, 0.1) is 11.9 Å². The molecule has 1 atom stereocenters. The van der Waals surface area contributed by atoms with Crippen LogP contribution in [0.2, 0.25) is 0 Å². The molecule has 0 unspecified atom stereocenters. The number of rotatable bonds is 13. The largest absolute Gasteiger partial charge is 0.354 e. The Balaban J connectivity index is 2.05. The van der Waals surface area contributed by atoms with Crippen molar-refractivity contribution >= 4 is 27.5 Å². The summed E-state index contributed by atoms with van der Waals surface area (Å²) in [5.74, 6) is -1.29. The predicted octanol–water partition coefficient (Wildman–Crippen LogP) is 4.32. The van der Waals surface area contributed by atoms with Gasteiger partial charge >= 0.3 is 0 Å². The molecule has 0 saturated heterocycles. The smallest absolute Gasteiger partial charge is 0.244 e. The number of benzene rings is 3. The van der Waals surface area contributed by atoms with Crippen LogP contribution in [0.1, 0.15) is 37.0 Å². The maximum Gasteiger partial charge on any atom is 0.244 e. The fourth-order valence-electron chi connectivity index (χ4n) is 4.35. The van der Waals surface area contributed by atoms with E-state index in [4.69, 9.17) is 0 Å². The van der Waals surface area contributed by atoms with E-state index in [1.807, 2.05) is 56.3 Å². The molecule has 9 heteroatoms. The van der Waals surface area contributed by atoms with Crippen LogP contribution in [0.25, 0.3) is 0 Å². The molecule has 0 spiro atoms. The molecule has 0 aliphatic heterocycles. The van der Waals surface area contributed by atoms with Gasteiger partial charge in [-0.25, -0.2) is 12.8 Å². The maximum absolute atomic E-state index is 14.0. The first kappa shape index (κ1) is 29.8. The Bertz CT molecular complexity index is 1350. The van der Waals surface area contributed by atoms with E-state index in [1.54, 1.807) is 24.3 Å². The van der Waals surface area contributed by atoms with Crippen LogP contribution in [0.5, 0.6) is 0 Å². The van der Waals surface area contributed by atoms with Gasteiger partial charge in [0, 0.05) is 19.5 Å². The minimum Gasteiger partial charge on any atom is -0.354 e. The molecule has 0 aliphatic rings. The summed E-state index contributed by atoms with van der Waals surface area (Å²) in [6, 6.07) is 21.2. The standard InChI is InChI=1S/C30H36FN3O4S/c1-4-19-32-30(36)28(20-23-11-7-6-8-12-23)33(21-24-15-17-26(31)18-16-24)29(35)22-34(39(3,37)38)27-14-10-9-13-25(27)5-2/h6-18,28H,4-5,19-22H2,1-3H3,(H,32,36)/t28-/m1/s1. The Morgan fingerprint density at radius 1 is 0.897 bits per heavy atom. The predicted molar refractivity (Wildman–Crippen MR) is 152 cm³/mol. The van der Waals surface area contributed by atoms with E-state index < -0.39 is 34.3 Å². The summed E-state index contributed by atoms with van der Waals surface area (Å²) < 4.78 is 40.6. The van der Waals surface area contributed by atoms with E-state index in [0.29, 0.717) is 30.6 Å². The second-order valence-corrected chi connectivity index (χ2v) is 11.3. The van der Waals surface area contributed by atoms with E-state index in [9.17, 15) is 22.4 Å². The van der Waals surface area contributed by atoms with Crippen molar-refractivity contribution in [3.05, 3.63) is 101 Å². The Hall–Kier alpha value is -3.72. The van der Waals surface area contributed by atoms with Gasteiger partial charge in [0.2, 0.25) is 21.8 Å². The van der Waals surface area contributed by atoms with Gasteiger partial charge in [0.15, 0.2) is 0 Å². The number of carbonyl (C=O) groups excluding carboxylic acids is 2. The number of nitrogens with one attached hydrogen (secondary N) is 1. The van der Waals surface area contributed by atoms with E-state index in [-0.39, 0.29) is 18.9 Å². The summed E-state index contributed by atoms with van der Waals surface area (Å²) in [5.41, 5.74) is 2.67. The number of sulfonamides is 1. The fraction of sp³-hybridized carbons (Fsp3) is 0.333. The number of amides is 2. The molecule has 0 saturated carbocycles. The van der Waals surface area contributed by atoms with Gasteiger partial charge in [-0.2, -0.15) is 0 Å². The molecule has 3 rings (SSSR count). The van der Waals surface area contributed by atoms with Gasteiger partial charge in [0.1, 0.15) is 18.4 Å². The van der Waals surface area contributed by atoms with E-state index in [0.717, 1.165) is 21.7 Å². The van der Waals surface area contributed by atoms with Crippen LogP contribution in [0, 0.1) is 5.82 Å². The lowest BCUT2D eigenvalue weighted by Gasteiger charge is -2.34. The zero-order chi connectivity index (χ0) is 28.4. The van der Waals surface area contributed by atoms with Crippen molar-refractivity contribution in [3.8, 4) is 0 Å². The third-order valence-corrected chi connectivity index (χ3v) is 7.53. The Labute approximate surface area is 230 Å². The number of anilines is 1. The minimum atomic E-state index is -3.84. The molecule has 3 aromatic carbocycles. The monoisotopic (exact) mass is 553 g/mol. The molecule has 0 aromatic heterocycles. The van der Waals surface area contributed by atoms with Crippen molar-refractivity contribution in [2.45, 2.75) is 45.7 Å². The molecular formula is C30H36FN3O4S. The third-order valence-electron chi connectivity index (χ3n) is 6.41. The number of hydrogen-bond acceptors (Lipinski definition) is 4. The van der Waals surface area contributed by atoms with E-state index in [1.165, 1.54) is 17.0 Å². The summed E-state index contributed by atoms with van der Waals surface area (Å²) in [7, 11) is -3.84. The summed E-state index contributed by atoms with van der Waals surface area (Å²) in [6.45, 7) is 3.80.